The number of aromatic nitrogens is 1. The van der Waals surface area contributed by atoms with Gasteiger partial charge in [-0.1, -0.05) is 30.9 Å². The minimum absolute atomic E-state index is 0.186. The largest absolute Gasteiger partial charge is 0.493 e. The van der Waals surface area contributed by atoms with Gasteiger partial charge in [-0.25, -0.2) is 0 Å². The van der Waals surface area contributed by atoms with Gasteiger partial charge in [0.2, 0.25) is 5.88 Å². The molecular weight excluding hydrogens is 338 g/mol. The zero-order valence-corrected chi connectivity index (χ0v) is 13.7. The van der Waals surface area contributed by atoms with Gasteiger partial charge in [-0.05, 0) is 17.3 Å². The molecule has 1 heterocycles. The minimum atomic E-state index is -0.569. The van der Waals surface area contributed by atoms with Crippen molar-refractivity contribution < 1.29 is 14.8 Å². The lowest BCUT2D eigenvalue weighted by atomic mass is 10.2. The number of para-hydroxylation sites is 1. The second-order valence-electron chi connectivity index (χ2n) is 5.52. The van der Waals surface area contributed by atoms with Crippen molar-refractivity contribution in [1.82, 2.24) is 4.57 Å². The summed E-state index contributed by atoms with van der Waals surface area (Å²) in [4.78, 5) is 21.6. The van der Waals surface area contributed by atoms with Crippen molar-refractivity contribution >= 4 is 22.3 Å². The summed E-state index contributed by atoms with van der Waals surface area (Å²) in [6.45, 7) is 4.13. The number of aromatic hydroxyl groups is 1. The van der Waals surface area contributed by atoms with E-state index < -0.39 is 4.92 Å². The van der Waals surface area contributed by atoms with Crippen LogP contribution in [0, 0.1) is 15.0 Å². The number of hydrogen-bond acceptors (Lipinski definition) is 6. The standard InChI is InChI=1S/C18H15N3O5/c1-2-9-26-16-6-4-3-5-12(16)11-20-15-8-7-13(21(24)25)10-14(15)17(19-23)18(20)22/h2-8,10,22H,1,9,11H2. The van der Waals surface area contributed by atoms with Gasteiger partial charge in [0.1, 0.15) is 12.4 Å². The zero-order chi connectivity index (χ0) is 18.7. The number of ether oxygens (including phenoxy) is 1. The first-order valence-electron chi connectivity index (χ1n) is 7.71. The molecule has 1 N–H and O–H groups in total. The SMILES string of the molecule is C=CCOc1ccccc1Cn1c(O)c(N=O)c2cc([N+](=O)[O-])ccc21. The summed E-state index contributed by atoms with van der Waals surface area (Å²) in [5.41, 5.74) is 0.807. The van der Waals surface area contributed by atoms with Crippen LogP contribution in [0.4, 0.5) is 11.4 Å². The number of nitro benzene ring substituents is 1. The third-order valence-corrected chi connectivity index (χ3v) is 3.95. The van der Waals surface area contributed by atoms with E-state index in [0.29, 0.717) is 17.9 Å². The van der Waals surface area contributed by atoms with E-state index in [4.69, 9.17) is 4.74 Å². The van der Waals surface area contributed by atoms with Crippen LogP contribution in [0.3, 0.4) is 0 Å². The molecular formula is C18H15N3O5. The second-order valence-corrected chi connectivity index (χ2v) is 5.52. The van der Waals surface area contributed by atoms with E-state index in [1.165, 1.54) is 22.8 Å². The number of benzene rings is 2. The molecule has 0 atom stereocenters. The van der Waals surface area contributed by atoms with E-state index in [-0.39, 0.29) is 29.2 Å². The lowest BCUT2D eigenvalue weighted by Crippen LogP contribution is -2.03. The van der Waals surface area contributed by atoms with E-state index in [2.05, 4.69) is 11.8 Å². The molecule has 0 aliphatic carbocycles. The molecule has 8 nitrogen and oxygen atoms in total. The van der Waals surface area contributed by atoms with E-state index in [1.807, 2.05) is 18.2 Å². The smallest absolute Gasteiger partial charge is 0.270 e. The minimum Gasteiger partial charge on any atom is -0.493 e. The number of nitrogens with zero attached hydrogens (tertiary/aromatic N) is 3. The van der Waals surface area contributed by atoms with Crippen molar-refractivity contribution in [2.45, 2.75) is 6.54 Å². The van der Waals surface area contributed by atoms with E-state index in [1.54, 1.807) is 12.1 Å². The van der Waals surface area contributed by atoms with Crippen LogP contribution in [-0.4, -0.2) is 21.2 Å². The molecule has 3 aromatic rings. The predicted octanol–water partition coefficient (Wildman–Crippen LogP) is 4.27. The van der Waals surface area contributed by atoms with Crippen LogP contribution in [0.5, 0.6) is 11.6 Å². The molecule has 3 rings (SSSR count). The molecule has 0 amide bonds. The van der Waals surface area contributed by atoms with Crippen LogP contribution < -0.4 is 4.74 Å². The Kier molecular flexibility index (Phi) is 4.66. The maximum atomic E-state index is 11.2. The number of fused-ring (bicyclic) bond motifs is 1. The first-order chi connectivity index (χ1) is 12.6. The van der Waals surface area contributed by atoms with Crippen molar-refractivity contribution in [3.63, 3.8) is 0 Å². The second kappa shape index (κ2) is 7.06. The number of rotatable bonds is 7. The number of hydrogen-bond donors (Lipinski definition) is 1. The maximum absolute atomic E-state index is 11.2. The summed E-state index contributed by atoms with van der Waals surface area (Å²) >= 11 is 0. The average molecular weight is 353 g/mol. The van der Waals surface area contributed by atoms with Crippen LogP contribution in [0.25, 0.3) is 10.9 Å². The monoisotopic (exact) mass is 353 g/mol. The van der Waals surface area contributed by atoms with Gasteiger partial charge in [-0.2, -0.15) is 0 Å². The molecule has 0 saturated carbocycles. The Morgan fingerprint density at radius 1 is 1.31 bits per heavy atom. The van der Waals surface area contributed by atoms with Gasteiger partial charge < -0.3 is 14.4 Å². The molecule has 0 aliphatic rings. The Morgan fingerprint density at radius 2 is 2.08 bits per heavy atom. The average Bonchev–Trinajstić information content (AvgIpc) is 2.91. The Labute approximate surface area is 148 Å². The lowest BCUT2D eigenvalue weighted by Gasteiger charge is -2.12. The highest BCUT2D eigenvalue weighted by molar-refractivity contribution is 5.96. The molecule has 0 unspecified atom stereocenters. The highest BCUT2D eigenvalue weighted by atomic mass is 16.6. The summed E-state index contributed by atoms with van der Waals surface area (Å²) in [6.07, 6.45) is 1.62. The topological polar surface area (TPSA) is 107 Å². The van der Waals surface area contributed by atoms with Gasteiger partial charge in [0.25, 0.3) is 5.69 Å². The molecule has 0 saturated heterocycles. The highest BCUT2D eigenvalue weighted by Gasteiger charge is 2.21. The molecule has 0 aliphatic heterocycles. The normalized spacial score (nSPS) is 10.6. The predicted molar refractivity (Wildman–Crippen MR) is 96.9 cm³/mol. The number of nitroso groups, excluding NO2 is 1. The van der Waals surface area contributed by atoms with Crippen LogP contribution in [0.2, 0.25) is 0 Å². The van der Waals surface area contributed by atoms with Gasteiger partial charge in [-0.3, -0.25) is 10.1 Å². The number of non-ortho nitro benzene ring substituents is 1. The van der Waals surface area contributed by atoms with Crippen molar-refractivity contribution in [3.8, 4) is 11.6 Å². The van der Waals surface area contributed by atoms with Gasteiger partial charge in [0.05, 0.1) is 17.0 Å². The fourth-order valence-electron chi connectivity index (χ4n) is 2.77. The van der Waals surface area contributed by atoms with Crippen molar-refractivity contribution in [2.75, 3.05) is 6.61 Å². The molecule has 0 fully saturated rings. The summed E-state index contributed by atoms with van der Waals surface area (Å²) < 4.78 is 7.07. The number of nitro groups is 1. The summed E-state index contributed by atoms with van der Waals surface area (Å²) in [5, 5.41) is 24.5. The first-order valence-corrected chi connectivity index (χ1v) is 7.71. The quantitative estimate of drug-likeness (QED) is 0.295. The fraction of sp³-hybridized carbons (Fsp3) is 0.111. The lowest BCUT2D eigenvalue weighted by molar-refractivity contribution is -0.384. The molecule has 2 aromatic carbocycles. The van der Waals surface area contributed by atoms with E-state index in [0.717, 1.165) is 5.56 Å². The Balaban J connectivity index is 2.12. The van der Waals surface area contributed by atoms with Crippen LogP contribution in [-0.2, 0) is 6.54 Å². The zero-order valence-electron chi connectivity index (χ0n) is 13.7. The third kappa shape index (κ3) is 3.00. The molecule has 1 aromatic heterocycles. The highest BCUT2D eigenvalue weighted by Crippen LogP contribution is 2.40. The Hall–Kier alpha value is -3.68. The molecule has 0 bridgehead atoms. The van der Waals surface area contributed by atoms with Gasteiger partial charge in [0.15, 0.2) is 5.69 Å². The van der Waals surface area contributed by atoms with Crippen LogP contribution in [0.15, 0.2) is 60.3 Å². The summed E-state index contributed by atoms with van der Waals surface area (Å²) in [5.74, 6) is 0.255. The van der Waals surface area contributed by atoms with Crippen molar-refractivity contribution in [3.05, 3.63) is 75.7 Å². The van der Waals surface area contributed by atoms with E-state index >= 15 is 0 Å². The molecule has 0 radical (unpaired) electrons. The molecule has 132 valence electrons. The first kappa shape index (κ1) is 17.2. The molecule has 26 heavy (non-hydrogen) atoms. The summed E-state index contributed by atoms with van der Waals surface area (Å²) in [7, 11) is 0. The Morgan fingerprint density at radius 3 is 2.77 bits per heavy atom. The molecule has 8 heteroatoms. The van der Waals surface area contributed by atoms with Crippen LogP contribution >= 0.6 is 0 Å². The fourth-order valence-corrected chi connectivity index (χ4v) is 2.77. The van der Waals surface area contributed by atoms with Gasteiger partial charge in [0, 0.05) is 23.1 Å². The maximum Gasteiger partial charge on any atom is 0.270 e. The Bertz CT molecular complexity index is 1010. The van der Waals surface area contributed by atoms with Crippen molar-refractivity contribution in [1.29, 1.82) is 0 Å². The molecule has 0 spiro atoms. The van der Waals surface area contributed by atoms with Crippen LogP contribution in [0.1, 0.15) is 5.56 Å². The van der Waals surface area contributed by atoms with Gasteiger partial charge >= 0.3 is 0 Å². The third-order valence-electron chi connectivity index (χ3n) is 3.95. The van der Waals surface area contributed by atoms with Gasteiger partial charge in [-0.15, -0.1) is 4.91 Å². The van der Waals surface area contributed by atoms with Crippen molar-refractivity contribution in [2.24, 2.45) is 5.18 Å². The summed E-state index contributed by atoms with van der Waals surface area (Å²) in [6, 6.07) is 11.3. The van der Waals surface area contributed by atoms with E-state index in [9.17, 15) is 20.1 Å².